The van der Waals surface area contributed by atoms with E-state index < -0.39 is 9.84 Å². The number of sulfone groups is 1. The molecule has 3 heterocycles. The van der Waals surface area contributed by atoms with Crippen LogP contribution in [0.3, 0.4) is 0 Å². The molecule has 122 valence electrons. The maximum atomic E-state index is 12.1. The first-order valence-corrected chi connectivity index (χ1v) is 9.55. The summed E-state index contributed by atoms with van der Waals surface area (Å²) < 4.78 is 22.8. The SMILES string of the molecule is O=C(CN1CCCC(c2ccn[nH]2)C1)NC1CCS(=O)(=O)C1. The summed E-state index contributed by atoms with van der Waals surface area (Å²) in [6.07, 6.45) is 4.43. The first kappa shape index (κ1) is 15.5. The molecule has 1 aromatic heterocycles. The van der Waals surface area contributed by atoms with Gasteiger partial charge in [-0.3, -0.25) is 14.8 Å². The van der Waals surface area contributed by atoms with Gasteiger partial charge in [-0.25, -0.2) is 8.42 Å². The molecule has 22 heavy (non-hydrogen) atoms. The van der Waals surface area contributed by atoms with Crippen molar-refractivity contribution >= 4 is 15.7 Å². The molecule has 0 radical (unpaired) electrons. The second-order valence-electron chi connectivity index (χ2n) is 6.25. The summed E-state index contributed by atoms with van der Waals surface area (Å²) in [5.74, 6) is 0.572. The maximum Gasteiger partial charge on any atom is 0.234 e. The number of carbonyl (C=O) groups excluding carboxylic acids is 1. The fourth-order valence-electron chi connectivity index (χ4n) is 3.33. The number of aromatic amines is 1. The van der Waals surface area contributed by atoms with Crippen LogP contribution in [0.25, 0.3) is 0 Å². The standard InChI is InChI=1S/C14H22N4O3S/c19-14(16-12-4-7-22(20,21)10-12)9-18-6-1-2-11(8-18)13-3-5-15-17-13/h3,5,11-12H,1-2,4,6-10H2,(H,15,17)(H,16,19). The molecule has 2 aliphatic rings. The average molecular weight is 326 g/mol. The molecule has 3 rings (SSSR count). The number of hydrogen-bond acceptors (Lipinski definition) is 5. The monoisotopic (exact) mass is 326 g/mol. The van der Waals surface area contributed by atoms with Crippen molar-refractivity contribution in [3.8, 4) is 0 Å². The van der Waals surface area contributed by atoms with Gasteiger partial charge in [0.05, 0.1) is 18.1 Å². The van der Waals surface area contributed by atoms with Gasteiger partial charge in [0, 0.05) is 30.4 Å². The van der Waals surface area contributed by atoms with Crippen LogP contribution in [-0.4, -0.2) is 66.6 Å². The topological polar surface area (TPSA) is 95.2 Å². The number of rotatable bonds is 4. The van der Waals surface area contributed by atoms with Gasteiger partial charge in [-0.05, 0) is 31.9 Å². The van der Waals surface area contributed by atoms with Crippen molar-refractivity contribution in [2.75, 3.05) is 31.1 Å². The maximum absolute atomic E-state index is 12.1. The molecule has 1 amide bonds. The lowest BCUT2D eigenvalue weighted by Gasteiger charge is -2.31. The van der Waals surface area contributed by atoms with Crippen molar-refractivity contribution in [3.63, 3.8) is 0 Å². The Kier molecular flexibility index (Phi) is 4.49. The van der Waals surface area contributed by atoms with Gasteiger partial charge in [0.1, 0.15) is 0 Å². The first-order chi connectivity index (χ1) is 10.5. The van der Waals surface area contributed by atoms with Crippen LogP contribution in [0.1, 0.15) is 30.9 Å². The van der Waals surface area contributed by atoms with E-state index in [2.05, 4.69) is 20.4 Å². The van der Waals surface area contributed by atoms with Gasteiger partial charge in [0.2, 0.25) is 5.91 Å². The quantitative estimate of drug-likeness (QED) is 0.805. The summed E-state index contributed by atoms with van der Waals surface area (Å²) in [5, 5.41) is 9.84. The summed E-state index contributed by atoms with van der Waals surface area (Å²) in [7, 11) is -2.95. The van der Waals surface area contributed by atoms with Crippen LogP contribution in [0.2, 0.25) is 0 Å². The van der Waals surface area contributed by atoms with Crippen LogP contribution in [-0.2, 0) is 14.6 Å². The zero-order chi connectivity index (χ0) is 15.6. The number of hydrogen-bond donors (Lipinski definition) is 2. The Morgan fingerprint density at radius 2 is 2.32 bits per heavy atom. The van der Waals surface area contributed by atoms with Crippen LogP contribution in [0, 0.1) is 0 Å². The third-order valence-electron chi connectivity index (χ3n) is 4.43. The normalized spacial score (nSPS) is 28.5. The molecule has 0 spiro atoms. The van der Waals surface area contributed by atoms with E-state index in [9.17, 15) is 13.2 Å². The Hall–Kier alpha value is -1.41. The van der Waals surface area contributed by atoms with E-state index in [1.165, 1.54) is 0 Å². The summed E-state index contributed by atoms with van der Waals surface area (Å²) in [5.41, 5.74) is 1.12. The van der Waals surface area contributed by atoms with E-state index in [0.29, 0.717) is 18.9 Å². The number of nitrogens with one attached hydrogen (secondary N) is 2. The van der Waals surface area contributed by atoms with Gasteiger partial charge in [-0.1, -0.05) is 0 Å². The van der Waals surface area contributed by atoms with Crippen molar-refractivity contribution in [1.82, 2.24) is 20.4 Å². The highest BCUT2D eigenvalue weighted by Gasteiger charge is 2.30. The second kappa shape index (κ2) is 6.37. The van der Waals surface area contributed by atoms with Gasteiger partial charge in [-0.15, -0.1) is 0 Å². The van der Waals surface area contributed by atoms with Crippen molar-refractivity contribution in [2.24, 2.45) is 0 Å². The van der Waals surface area contributed by atoms with Gasteiger partial charge in [-0.2, -0.15) is 5.10 Å². The molecule has 0 saturated carbocycles. The summed E-state index contributed by atoms with van der Waals surface area (Å²) >= 11 is 0. The number of H-pyrrole nitrogens is 1. The molecule has 0 aliphatic carbocycles. The minimum atomic E-state index is -2.95. The molecule has 0 bridgehead atoms. The predicted molar refractivity (Wildman–Crippen MR) is 82.2 cm³/mol. The smallest absolute Gasteiger partial charge is 0.234 e. The van der Waals surface area contributed by atoms with Crippen LogP contribution in [0.5, 0.6) is 0 Å². The Bertz CT molecular complexity index is 614. The molecule has 2 aliphatic heterocycles. The molecule has 2 fully saturated rings. The van der Waals surface area contributed by atoms with Gasteiger partial charge >= 0.3 is 0 Å². The highest BCUT2D eigenvalue weighted by molar-refractivity contribution is 7.91. The molecule has 2 saturated heterocycles. The molecule has 2 unspecified atom stereocenters. The minimum Gasteiger partial charge on any atom is -0.351 e. The number of amides is 1. The number of aromatic nitrogens is 2. The number of carbonyl (C=O) groups is 1. The second-order valence-corrected chi connectivity index (χ2v) is 8.48. The van der Waals surface area contributed by atoms with E-state index in [1.54, 1.807) is 6.20 Å². The van der Waals surface area contributed by atoms with Crippen LogP contribution < -0.4 is 5.32 Å². The molecular formula is C14H22N4O3S. The number of likely N-dealkylation sites (tertiary alicyclic amines) is 1. The van der Waals surface area contributed by atoms with Crippen molar-refractivity contribution < 1.29 is 13.2 Å². The van der Waals surface area contributed by atoms with Gasteiger partial charge in [0.25, 0.3) is 0 Å². The fraction of sp³-hybridized carbons (Fsp3) is 0.714. The van der Waals surface area contributed by atoms with Crippen LogP contribution >= 0.6 is 0 Å². The lowest BCUT2D eigenvalue weighted by atomic mass is 9.95. The molecular weight excluding hydrogens is 304 g/mol. The van der Waals surface area contributed by atoms with Gasteiger partial charge < -0.3 is 5.32 Å². The van der Waals surface area contributed by atoms with Crippen molar-refractivity contribution in [1.29, 1.82) is 0 Å². The zero-order valence-corrected chi connectivity index (χ0v) is 13.3. The van der Waals surface area contributed by atoms with E-state index >= 15 is 0 Å². The number of nitrogens with zero attached hydrogens (tertiary/aromatic N) is 2. The molecule has 0 aromatic carbocycles. The van der Waals surface area contributed by atoms with Crippen LogP contribution in [0.4, 0.5) is 0 Å². The highest BCUT2D eigenvalue weighted by atomic mass is 32.2. The molecule has 8 heteroatoms. The van der Waals surface area contributed by atoms with Crippen molar-refractivity contribution in [2.45, 2.75) is 31.2 Å². The fourth-order valence-corrected chi connectivity index (χ4v) is 5.01. The molecule has 2 atom stereocenters. The third-order valence-corrected chi connectivity index (χ3v) is 6.20. The highest BCUT2D eigenvalue weighted by Crippen LogP contribution is 2.24. The van der Waals surface area contributed by atoms with E-state index in [-0.39, 0.29) is 23.5 Å². The Morgan fingerprint density at radius 1 is 1.45 bits per heavy atom. The minimum absolute atomic E-state index is 0.0765. The van der Waals surface area contributed by atoms with E-state index in [0.717, 1.165) is 31.6 Å². The van der Waals surface area contributed by atoms with Gasteiger partial charge in [0.15, 0.2) is 9.84 Å². The first-order valence-electron chi connectivity index (χ1n) is 7.73. The average Bonchev–Trinajstić information content (AvgIpc) is 3.09. The Morgan fingerprint density at radius 3 is 3.00 bits per heavy atom. The van der Waals surface area contributed by atoms with E-state index in [1.807, 2.05) is 6.07 Å². The zero-order valence-electron chi connectivity index (χ0n) is 12.5. The third kappa shape index (κ3) is 3.86. The largest absolute Gasteiger partial charge is 0.351 e. The van der Waals surface area contributed by atoms with E-state index in [4.69, 9.17) is 0 Å². The summed E-state index contributed by atoms with van der Waals surface area (Å²) in [6, 6.07) is 1.77. The lowest BCUT2D eigenvalue weighted by molar-refractivity contribution is -0.123. The Labute approximate surface area is 130 Å². The number of piperidine rings is 1. The van der Waals surface area contributed by atoms with Crippen molar-refractivity contribution in [3.05, 3.63) is 18.0 Å². The molecule has 2 N–H and O–H groups in total. The summed E-state index contributed by atoms with van der Waals surface area (Å²) in [4.78, 5) is 14.2. The summed E-state index contributed by atoms with van der Waals surface area (Å²) in [6.45, 7) is 2.07. The Balaban J connectivity index is 1.49. The molecule has 7 nitrogen and oxygen atoms in total. The lowest BCUT2D eigenvalue weighted by Crippen LogP contribution is -2.45. The van der Waals surface area contributed by atoms with Crippen LogP contribution in [0.15, 0.2) is 12.3 Å². The molecule has 1 aromatic rings. The predicted octanol–water partition coefficient (Wildman–Crippen LogP) is -0.108.